The van der Waals surface area contributed by atoms with Crippen LogP contribution in [-0.4, -0.2) is 32.9 Å². The minimum atomic E-state index is -0.0337. The summed E-state index contributed by atoms with van der Waals surface area (Å²) in [5.74, 6) is 1.09. The Kier molecular flexibility index (Phi) is 6.22. The molecule has 1 saturated carbocycles. The molecule has 5 heteroatoms. The van der Waals surface area contributed by atoms with Gasteiger partial charge in [-0.15, -0.1) is 0 Å². The van der Waals surface area contributed by atoms with E-state index in [1.165, 1.54) is 5.56 Å². The first kappa shape index (κ1) is 18.5. The SMILES string of the molecule is COc1ccc(Cl)cc1C1(CNC2CCCC(C#N)C2)CCOCC1. The Morgan fingerprint density at radius 2 is 2.16 bits per heavy atom. The van der Waals surface area contributed by atoms with E-state index in [0.29, 0.717) is 6.04 Å². The fourth-order valence-electron chi connectivity index (χ4n) is 4.23. The van der Waals surface area contributed by atoms with E-state index in [9.17, 15) is 5.26 Å². The number of nitrogens with zero attached hydrogens (tertiary/aromatic N) is 1. The van der Waals surface area contributed by atoms with Gasteiger partial charge < -0.3 is 14.8 Å². The maximum absolute atomic E-state index is 9.23. The number of hydrogen-bond acceptors (Lipinski definition) is 4. The van der Waals surface area contributed by atoms with E-state index in [1.54, 1.807) is 7.11 Å². The molecule has 1 aliphatic heterocycles. The van der Waals surface area contributed by atoms with E-state index in [1.807, 2.05) is 18.2 Å². The van der Waals surface area contributed by atoms with Gasteiger partial charge in [0.15, 0.2) is 0 Å². The average molecular weight is 363 g/mol. The van der Waals surface area contributed by atoms with Crippen molar-refractivity contribution >= 4 is 11.6 Å². The van der Waals surface area contributed by atoms with Crippen LogP contribution in [0.4, 0.5) is 0 Å². The molecule has 1 saturated heterocycles. The Hall–Kier alpha value is -1.28. The van der Waals surface area contributed by atoms with Gasteiger partial charge in [-0.05, 0) is 50.3 Å². The minimum absolute atomic E-state index is 0.0337. The van der Waals surface area contributed by atoms with Crippen molar-refractivity contribution < 1.29 is 9.47 Å². The van der Waals surface area contributed by atoms with E-state index in [0.717, 1.165) is 69.1 Å². The molecule has 1 N–H and O–H groups in total. The molecular weight excluding hydrogens is 336 g/mol. The van der Waals surface area contributed by atoms with Crippen LogP contribution in [0.2, 0.25) is 5.02 Å². The largest absolute Gasteiger partial charge is 0.496 e. The van der Waals surface area contributed by atoms with Crippen molar-refractivity contribution in [1.82, 2.24) is 5.32 Å². The lowest BCUT2D eigenvalue weighted by molar-refractivity contribution is 0.0473. The quantitative estimate of drug-likeness (QED) is 0.857. The summed E-state index contributed by atoms with van der Waals surface area (Å²) < 4.78 is 11.3. The Morgan fingerprint density at radius 3 is 2.88 bits per heavy atom. The van der Waals surface area contributed by atoms with Crippen molar-refractivity contribution in [1.29, 1.82) is 5.26 Å². The molecular formula is C20H27ClN2O2. The standard InChI is InChI=1S/C20H27ClN2O2/c1-24-19-6-5-16(21)12-18(19)20(7-9-25-10-8-20)14-23-17-4-2-3-15(11-17)13-22/h5-6,12,15,17,23H,2-4,7-11,14H2,1H3. The van der Waals surface area contributed by atoms with Gasteiger partial charge in [0.2, 0.25) is 0 Å². The van der Waals surface area contributed by atoms with Crippen LogP contribution in [0.3, 0.4) is 0 Å². The molecule has 0 spiro atoms. The molecule has 2 atom stereocenters. The van der Waals surface area contributed by atoms with E-state index >= 15 is 0 Å². The Balaban J connectivity index is 1.80. The molecule has 1 heterocycles. The molecule has 1 aromatic carbocycles. The monoisotopic (exact) mass is 362 g/mol. The number of methoxy groups -OCH3 is 1. The second-order valence-corrected chi connectivity index (χ2v) is 7.74. The van der Waals surface area contributed by atoms with Crippen LogP contribution in [0, 0.1) is 17.2 Å². The zero-order chi connectivity index (χ0) is 17.7. The fraction of sp³-hybridized carbons (Fsp3) is 0.650. The van der Waals surface area contributed by atoms with Gasteiger partial charge in [-0.2, -0.15) is 5.26 Å². The molecule has 1 aromatic rings. The molecule has 2 unspecified atom stereocenters. The molecule has 0 amide bonds. The summed E-state index contributed by atoms with van der Waals surface area (Å²) in [5, 5.41) is 13.7. The topological polar surface area (TPSA) is 54.3 Å². The summed E-state index contributed by atoms with van der Waals surface area (Å²) >= 11 is 6.30. The van der Waals surface area contributed by atoms with Gasteiger partial charge in [0.05, 0.1) is 13.2 Å². The Morgan fingerprint density at radius 1 is 1.36 bits per heavy atom. The predicted octanol–water partition coefficient (Wildman–Crippen LogP) is 4.07. The average Bonchev–Trinajstić information content (AvgIpc) is 2.67. The van der Waals surface area contributed by atoms with Crippen LogP contribution in [0.15, 0.2) is 18.2 Å². The zero-order valence-electron chi connectivity index (χ0n) is 14.9. The number of rotatable bonds is 5. The highest BCUT2D eigenvalue weighted by Gasteiger charge is 2.37. The second-order valence-electron chi connectivity index (χ2n) is 7.31. The van der Waals surface area contributed by atoms with E-state index < -0.39 is 0 Å². The molecule has 136 valence electrons. The van der Waals surface area contributed by atoms with Gasteiger partial charge in [0.25, 0.3) is 0 Å². The minimum Gasteiger partial charge on any atom is -0.496 e. The first-order chi connectivity index (χ1) is 12.2. The van der Waals surface area contributed by atoms with Gasteiger partial charge >= 0.3 is 0 Å². The third kappa shape index (κ3) is 4.28. The van der Waals surface area contributed by atoms with Crippen LogP contribution in [0.5, 0.6) is 5.75 Å². The van der Waals surface area contributed by atoms with Gasteiger partial charge in [0, 0.05) is 47.7 Å². The molecule has 0 bridgehead atoms. The van der Waals surface area contributed by atoms with Gasteiger partial charge in [-0.25, -0.2) is 0 Å². The number of hydrogen-bond donors (Lipinski definition) is 1. The summed E-state index contributed by atoms with van der Waals surface area (Å²) in [7, 11) is 1.71. The van der Waals surface area contributed by atoms with Crippen LogP contribution >= 0.6 is 11.6 Å². The number of nitrogens with one attached hydrogen (secondary N) is 1. The maximum Gasteiger partial charge on any atom is 0.122 e. The molecule has 4 nitrogen and oxygen atoms in total. The molecule has 25 heavy (non-hydrogen) atoms. The summed E-state index contributed by atoms with van der Waals surface area (Å²) in [4.78, 5) is 0. The first-order valence-corrected chi connectivity index (χ1v) is 9.59. The van der Waals surface area contributed by atoms with Crippen molar-refractivity contribution in [3.05, 3.63) is 28.8 Å². The number of halogens is 1. The van der Waals surface area contributed by atoms with Crippen LogP contribution < -0.4 is 10.1 Å². The van der Waals surface area contributed by atoms with E-state index in [-0.39, 0.29) is 11.3 Å². The maximum atomic E-state index is 9.23. The Bertz CT molecular complexity index is 623. The number of ether oxygens (including phenoxy) is 2. The lowest BCUT2D eigenvalue weighted by Gasteiger charge is -2.40. The van der Waals surface area contributed by atoms with Crippen LogP contribution in [-0.2, 0) is 10.2 Å². The van der Waals surface area contributed by atoms with Crippen molar-refractivity contribution in [2.75, 3.05) is 26.9 Å². The van der Waals surface area contributed by atoms with Crippen molar-refractivity contribution in [3.63, 3.8) is 0 Å². The number of benzene rings is 1. The fourth-order valence-corrected chi connectivity index (χ4v) is 4.40. The molecule has 2 fully saturated rings. The van der Waals surface area contributed by atoms with Gasteiger partial charge in [-0.1, -0.05) is 18.0 Å². The Labute approximate surface area is 155 Å². The number of nitriles is 1. The summed E-state index contributed by atoms with van der Waals surface area (Å²) in [6.07, 6.45) is 6.17. The molecule has 1 aliphatic carbocycles. The third-order valence-corrected chi connectivity index (χ3v) is 6.00. The summed E-state index contributed by atoms with van der Waals surface area (Å²) in [6.45, 7) is 2.38. The van der Waals surface area contributed by atoms with Crippen molar-refractivity contribution in [2.45, 2.75) is 50.0 Å². The normalized spacial score (nSPS) is 26.0. The van der Waals surface area contributed by atoms with E-state index in [2.05, 4.69) is 11.4 Å². The van der Waals surface area contributed by atoms with Gasteiger partial charge in [0.1, 0.15) is 5.75 Å². The van der Waals surface area contributed by atoms with Gasteiger partial charge in [-0.3, -0.25) is 0 Å². The van der Waals surface area contributed by atoms with Crippen molar-refractivity contribution in [2.24, 2.45) is 5.92 Å². The highest BCUT2D eigenvalue weighted by molar-refractivity contribution is 6.30. The second kappa shape index (κ2) is 8.40. The van der Waals surface area contributed by atoms with E-state index in [4.69, 9.17) is 21.1 Å². The highest BCUT2D eigenvalue weighted by Crippen LogP contribution is 2.41. The summed E-state index contributed by atoms with van der Waals surface area (Å²) in [5.41, 5.74) is 1.14. The highest BCUT2D eigenvalue weighted by atomic mass is 35.5. The lowest BCUT2D eigenvalue weighted by atomic mass is 9.73. The predicted molar refractivity (Wildman–Crippen MR) is 99.1 cm³/mol. The molecule has 0 radical (unpaired) electrons. The smallest absolute Gasteiger partial charge is 0.122 e. The molecule has 3 rings (SSSR count). The third-order valence-electron chi connectivity index (χ3n) is 5.77. The first-order valence-electron chi connectivity index (χ1n) is 9.21. The van der Waals surface area contributed by atoms with Crippen LogP contribution in [0.1, 0.15) is 44.1 Å². The van der Waals surface area contributed by atoms with Crippen LogP contribution in [0.25, 0.3) is 0 Å². The summed E-state index contributed by atoms with van der Waals surface area (Å²) in [6, 6.07) is 8.75. The zero-order valence-corrected chi connectivity index (χ0v) is 15.6. The van der Waals surface area contributed by atoms with Crippen molar-refractivity contribution in [3.8, 4) is 11.8 Å². The molecule has 0 aromatic heterocycles. The lowest BCUT2D eigenvalue weighted by Crippen LogP contribution is -2.47. The molecule has 2 aliphatic rings.